The highest BCUT2D eigenvalue weighted by Crippen LogP contribution is 2.02. The van der Waals surface area contributed by atoms with Gasteiger partial charge in [0.15, 0.2) is 11.9 Å². The highest BCUT2D eigenvalue weighted by Gasteiger charge is 2.28. The molecule has 0 fully saturated rings. The standard InChI is InChI=1S/C39H69N19O15/c1-18(53-26(62)13-48-33(69)19(2)54-28(64)15-52-37(73)31(21(4)59)58-24(60)11-40)32(68)49-14-27(63)55-20(3)34(70)57-23(8-6-10-46-39(43)44)36(72)51-16-29(65)56-22(7-5-9-45-38(41)42)35(71)50-12-25(61)47-17-30(66)67/h18-23,31,59H,5-17,40H2,1-4H3,(H,47,61)(H,48,69)(H,49,68)(H,50,71)(H,51,72)(H,52,73)(H,53,62)(H,54,64)(H,55,63)(H,56,65)(H,57,70)(H,58,60)(H,66,67)(H4,41,42,45)(H4,43,44,46)/t18-,19-,20-,21+,22-,23-,31-/m0/s1. The third kappa shape index (κ3) is 30.0. The third-order valence-electron chi connectivity index (χ3n) is 9.31. The molecule has 0 heterocycles. The van der Waals surface area contributed by atoms with Gasteiger partial charge in [-0.3, -0.25) is 72.3 Å². The highest BCUT2D eigenvalue weighted by molar-refractivity contribution is 5.97. The normalized spacial score (nSPS) is 13.3. The van der Waals surface area contributed by atoms with Gasteiger partial charge in [0.2, 0.25) is 70.9 Å². The molecule has 0 aliphatic heterocycles. The molecule has 0 unspecified atom stereocenters. The van der Waals surface area contributed by atoms with E-state index in [2.05, 4.69) is 73.8 Å². The summed E-state index contributed by atoms with van der Waals surface area (Å²) >= 11 is 0. The van der Waals surface area contributed by atoms with Crippen LogP contribution >= 0.6 is 0 Å². The van der Waals surface area contributed by atoms with Gasteiger partial charge in [0.05, 0.1) is 45.4 Å². The molecule has 0 rings (SSSR count). The Morgan fingerprint density at radius 3 is 1.16 bits per heavy atom. The fourth-order valence-corrected chi connectivity index (χ4v) is 5.53. The number of amides is 12. The molecule has 34 heteroatoms. The number of aliphatic imine (C=N–C) groups is 2. The van der Waals surface area contributed by atoms with Gasteiger partial charge in [-0.25, -0.2) is 0 Å². The second-order valence-electron chi connectivity index (χ2n) is 15.7. The molecule has 0 aliphatic carbocycles. The number of nitrogens with zero attached hydrogens (tertiary/aromatic N) is 2. The second kappa shape index (κ2) is 34.8. The van der Waals surface area contributed by atoms with Crippen LogP contribution in [0, 0.1) is 0 Å². The molecule has 0 aromatic heterocycles. The van der Waals surface area contributed by atoms with Crippen LogP contribution in [0.25, 0.3) is 0 Å². The number of aliphatic carboxylic acids is 1. The predicted octanol–water partition coefficient (Wildman–Crippen LogP) is -11.8. The lowest BCUT2D eigenvalue weighted by Gasteiger charge is -2.22. The van der Waals surface area contributed by atoms with Crippen molar-refractivity contribution in [3.63, 3.8) is 0 Å². The molecular formula is C39H69N19O15. The zero-order valence-electron chi connectivity index (χ0n) is 40.7. The lowest BCUT2D eigenvalue weighted by Crippen LogP contribution is -2.56. The topological polar surface area (TPSA) is 562 Å². The molecule has 410 valence electrons. The molecular weight excluding hydrogens is 975 g/mol. The molecule has 0 radical (unpaired) electrons. The molecule has 0 bridgehead atoms. The Hall–Kier alpha value is -8.43. The second-order valence-corrected chi connectivity index (χ2v) is 15.7. The minimum Gasteiger partial charge on any atom is -0.480 e. The van der Waals surface area contributed by atoms with Crippen LogP contribution in [0.1, 0.15) is 53.4 Å². The minimum absolute atomic E-state index is 0.0323. The monoisotopic (exact) mass is 1040 g/mol. The number of carboxylic acid groups (broad SMARTS) is 1. The molecule has 0 aromatic carbocycles. The van der Waals surface area contributed by atoms with Crippen molar-refractivity contribution in [1.29, 1.82) is 0 Å². The number of nitrogens with one attached hydrogen (secondary N) is 12. The fraction of sp³-hybridized carbons (Fsp3) is 0.615. The summed E-state index contributed by atoms with van der Waals surface area (Å²) in [6.07, 6.45) is -1.13. The fourth-order valence-electron chi connectivity index (χ4n) is 5.53. The summed E-state index contributed by atoms with van der Waals surface area (Å²) in [5, 5.41) is 45.8. The lowest BCUT2D eigenvalue weighted by molar-refractivity contribution is -0.138. The number of hydrogen-bond donors (Lipinski definition) is 19. The molecule has 0 aromatic rings. The number of guanidine groups is 2. The van der Waals surface area contributed by atoms with E-state index in [1.807, 2.05) is 0 Å². The summed E-state index contributed by atoms with van der Waals surface area (Å²) < 4.78 is 0. The molecule has 73 heavy (non-hydrogen) atoms. The Labute approximate surface area is 417 Å². The first-order chi connectivity index (χ1) is 34.2. The number of carboxylic acids is 1. The zero-order valence-corrected chi connectivity index (χ0v) is 40.7. The van der Waals surface area contributed by atoms with Crippen molar-refractivity contribution in [3.8, 4) is 0 Å². The van der Waals surface area contributed by atoms with E-state index < -0.39 is 165 Å². The molecule has 7 atom stereocenters. The van der Waals surface area contributed by atoms with Crippen LogP contribution in [0.5, 0.6) is 0 Å². The van der Waals surface area contributed by atoms with E-state index in [0.29, 0.717) is 0 Å². The van der Waals surface area contributed by atoms with Crippen LogP contribution in [-0.2, 0) is 62.3 Å². The Balaban J connectivity index is 5.26. The molecule has 12 amide bonds. The summed E-state index contributed by atoms with van der Waals surface area (Å²) in [6, 6.07) is -7.78. The Morgan fingerprint density at radius 2 is 0.781 bits per heavy atom. The summed E-state index contributed by atoms with van der Waals surface area (Å²) in [6.45, 7) is 0.630. The summed E-state index contributed by atoms with van der Waals surface area (Å²) in [5.74, 6) is -12.0. The van der Waals surface area contributed by atoms with Gasteiger partial charge in [-0.1, -0.05) is 0 Å². The number of nitrogens with two attached hydrogens (primary N) is 5. The summed E-state index contributed by atoms with van der Waals surface area (Å²) in [5.41, 5.74) is 26.6. The first-order valence-electron chi connectivity index (χ1n) is 22.3. The van der Waals surface area contributed by atoms with Crippen LogP contribution in [0.15, 0.2) is 9.98 Å². The van der Waals surface area contributed by atoms with Crippen molar-refractivity contribution in [3.05, 3.63) is 0 Å². The summed E-state index contributed by atoms with van der Waals surface area (Å²) in [4.78, 5) is 169. The van der Waals surface area contributed by atoms with Crippen LogP contribution in [-0.4, -0.2) is 200 Å². The maximum atomic E-state index is 13.3. The summed E-state index contributed by atoms with van der Waals surface area (Å²) in [7, 11) is 0. The zero-order chi connectivity index (χ0) is 55.8. The number of hydrogen-bond acceptors (Lipinski definition) is 17. The van der Waals surface area contributed by atoms with E-state index in [9.17, 15) is 67.4 Å². The van der Waals surface area contributed by atoms with Gasteiger partial charge in [0.25, 0.3) is 0 Å². The van der Waals surface area contributed by atoms with Crippen molar-refractivity contribution < 1.29 is 72.5 Å². The van der Waals surface area contributed by atoms with E-state index >= 15 is 0 Å². The van der Waals surface area contributed by atoms with Gasteiger partial charge in [0.1, 0.15) is 42.8 Å². The van der Waals surface area contributed by atoms with Crippen molar-refractivity contribution in [1.82, 2.24) is 63.8 Å². The van der Waals surface area contributed by atoms with Crippen LogP contribution in [0.2, 0.25) is 0 Å². The van der Waals surface area contributed by atoms with Crippen molar-refractivity contribution in [2.24, 2.45) is 38.7 Å². The largest absolute Gasteiger partial charge is 0.480 e. The molecule has 0 saturated carbocycles. The lowest BCUT2D eigenvalue weighted by atomic mass is 10.1. The quantitative estimate of drug-likeness (QED) is 0.0162. The Kier molecular flexibility index (Phi) is 30.8. The maximum absolute atomic E-state index is 13.3. The maximum Gasteiger partial charge on any atom is 0.322 e. The number of carbonyl (C=O) groups is 13. The molecule has 0 aliphatic rings. The van der Waals surface area contributed by atoms with Crippen LogP contribution < -0.4 is 92.5 Å². The predicted molar refractivity (Wildman–Crippen MR) is 255 cm³/mol. The van der Waals surface area contributed by atoms with Crippen molar-refractivity contribution in [2.75, 3.05) is 58.9 Å². The molecule has 34 nitrogen and oxygen atoms in total. The number of aliphatic hydroxyl groups excluding tert-OH is 1. The van der Waals surface area contributed by atoms with E-state index in [0.717, 1.165) is 0 Å². The number of carbonyl (C=O) groups excluding carboxylic acids is 12. The van der Waals surface area contributed by atoms with E-state index in [1.165, 1.54) is 27.7 Å². The average molecular weight is 1040 g/mol. The molecule has 24 N–H and O–H groups in total. The van der Waals surface area contributed by atoms with Gasteiger partial charge in [0, 0.05) is 13.1 Å². The first kappa shape index (κ1) is 64.6. The van der Waals surface area contributed by atoms with Gasteiger partial charge >= 0.3 is 5.97 Å². The Bertz CT molecular complexity index is 2030. The SMILES string of the molecule is C[C@H](NC(=O)CNC(=O)[C@H](C)NC(=O)CNC(=O)[C@@H](NC(=O)CN)[C@@H](C)O)C(=O)NCC(=O)N[C@@H](C)C(=O)N[C@@H](CCCN=C(N)N)C(=O)NCC(=O)N[C@@H](CCCN=C(N)N)C(=O)NCC(=O)NCC(=O)O. The molecule has 0 spiro atoms. The van der Waals surface area contributed by atoms with E-state index in [4.69, 9.17) is 33.8 Å². The van der Waals surface area contributed by atoms with Crippen LogP contribution in [0.3, 0.4) is 0 Å². The average Bonchev–Trinajstić information content (AvgIpc) is 3.32. The van der Waals surface area contributed by atoms with Crippen LogP contribution in [0.4, 0.5) is 0 Å². The first-order valence-corrected chi connectivity index (χ1v) is 22.3. The van der Waals surface area contributed by atoms with E-state index in [-0.39, 0.29) is 50.7 Å². The smallest absolute Gasteiger partial charge is 0.322 e. The van der Waals surface area contributed by atoms with Gasteiger partial charge in [-0.05, 0) is 53.4 Å². The minimum atomic E-state index is -1.41. The Morgan fingerprint density at radius 1 is 0.425 bits per heavy atom. The highest BCUT2D eigenvalue weighted by atomic mass is 16.4. The number of aliphatic hydroxyl groups is 1. The van der Waals surface area contributed by atoms with Gasteiger partial charge in [-0.15, -0.1) is 0 Å². The van der Waals surface area contributed by atoms with Gasteiger partial charge < -0.3 is 103 Å². The van der Waals surface area contributed by atoms with Crippen molar-refractivity contribution >= 4 is 88.8 Å². The van der Waals surface area contributed by atoms with E-state index in [1.54, 1.807) is 0 Å². The molecule has 0 saturated heterocycles. The van der Waals surface area contributed by atoms with Gasteiger partial charge in [-0.2, -0.15) is 0 Å². The number of rotatable bonds is 34. The van der Waals surface area contributed by atoms with Crippen molar-refractivity contribution in [2.45, 2.75) is 95.7 Å². The third-order valence-corrected chi connectivity index (χ3v) is 9.31.